The van der Waals surface area contributed by atoms with E-state index in [1.165, 1.54) is 26.0 Å². The minimum absolute atomic E-state index is 0.207. The third-order valence-corrected chi connectivity index (χ3v) is 3.37. The molecule has 0 saturated carbocycles. The second-order valence-electron chi connectivity index (χ2n) is 5.71. The number of anilines is 1. The van der Waals surface area contributed by atoms with Crippen molar-refractivity contribution in [2.45, 2.75) is 27.3 Å². The van der Waals surface area contributed by atoms with Crippen molar-refractivity contribution in [3.05, 3.63) is 47.5 Å². The lowest BCUT2D eigenvalue weighted by Gasteiger charge is -2.22. The summed E-state index contributed by atoms with van der Waals surface area (Å²) in [7, 11) is 0. The maximum absolute atomic E-state index is 12.8. The summed E-state index contributed by atoms with van der Waals surface area (Å²) < 4.78 is 17.7. The highest BCUT2D eigenvalue weighted by molar-refractivity contribution is 6.09. The largest absolute Gasteiger partial charge is 0.360 e. The van der Waals surface area contributed by atoms with Gasteiger partial charge >= 0.3 is 0 Å². The summed E-state index contributed by atoms with van der Waals surface area (Å²) in [6.45, 7) is 4.92. The van der Waals surface area contributed by atoms with Gasteiger partial charge in [-0.1, -0.05) is 17.3 Å². The monoisotopic (exact) mass is 319 g/mol. The highest BCUT2D eigenvalue weighted by Gasteiger charge is 2.36. The van der Waals surface area contributed by atoms with Crippen LogP contribution in [0, 0.1) is 18.2 Å². The zero-order valence-electron chi connectivity index (χ0n) is 13.1. The van der Waals surface area contributed by atoms with E-state index < -0.39 is 17.2 Å². The summed E-state index contributed by atoms with van der Waals surface area (Å²) >= 11 is 0. The number of aryl methyl sites for hydroxylation is 1. The maximum atomic E-state index is 12.8. The van der Waals surface area contributed by atoms with Crippen molar-refractivity contribution in [1.82, 2.24) is 10.5 Å². The molecule has 1 aromatic carbocycles. The average molecular weight is 319 g/mol. The van der Waals surface area contributed by atoms with Gasteiger partial charge in [0.25, 0.3) is 0 Å². The molecule has 2 amide bonds. The van der Waals surface area contributed by atoms with Crippen molar-refractivity contribution >= 4 is 17.6 Å². The number of nitrogens with zero attached hydrogens (tertiary/aromatic N) is 1. The number of halogens is 1. The summed E-state index contributed by atoms with van der Waals surface area (Å²) in [5, 5.41) is 8.86. The number of carbonyl (C=O) groups excluding carboxylic acids is 2. The van der Waals surface area contributed by atoms with Gasteiger partial charge in [-0.25, -0.2) is 4.39 Å². The van der Waals surface area contributed by atoms with E-state index >= 15 is 0 Å². The van der Waals surface area contributed by atoms with E-state index in [4.69, 9.17) is 4.52 Å². The van der Waals surface area contributed by atoms with Gasteiger partial charge in [-0.05, 0) is 38.5 Å². The molecule has 0 aliphatic rings. The van der Waals surface area contributed by atoms with E-state index in [-0.39, 0.29) is 18.2 Å². The number of carbonyl (C=O) groups is 2. The molecule has 2 rings (SSSR count). The molecule has 0 saturated heterocycles. The Hall–Kier alpha value is -2.70. The molecule has 122 valence electrons. The molecular formula is C16H18FN3O3. The molecule has 0 atom stereocenters. The molecule has 0 radical (unpaired) electrons. The van der Waals surface area contributed by atoms with E-state index in [1.54, 1.807) is 25.1 Å². The van der Waals surface area contributed by atoms with Crippen LogP contribution in [0.2, 0.25) is 0 Å². The fourth-order valence-electron chi connectivity index (χ4n) is 1.81. The Morgan fingerprint density at radius 1 is 1.22 bits per heavy atom. The number of hydrogen-bond acceptors (Lipinski definition) is 4. The predicted octanol–water partition coefficient (Wildman–Crippen LogP) is 2.40. The minimum Gasteiger partial charge on any atom is -0.360 e. The minimum atomic E-state index is -1.30. The third-order valence-electron chi connectivity index (χ3n) is 3.37. The molecule has 0 aliphatic carbocycles. The quantitative estimate of drug-likeness (QED) is 0.829. The van der Waals surface area contributed by atoms with Crippen molar-refractivity contribution < 1.29 is 18.5 Å². The second-order valence-corrected chi connectivity index (χ2v) is 5.71. The Kier molecular flexibility index (Phi) is 4.78. The normalized spacial score (nSPS) is 11.1. The highest BCUT2D eigenvalue weighted by Crippen LogP contribution is 2.19. The molecule has 0 fully saturated rings. The first-order chi connectivity index (χ1) is 10.8. The number of hydrogen-bond donors (Lipinski definition) is 2. The van der Waals surface area contributed by atoms with Crippen molar-refractivity contribution in [3.63, 3.8) is 0 Å². The summed E-state index contributed by atoms with van der Waals surface area (Å²) in [5.74, 6) is -0.476. The highest BCUT2D eigenvalue weighted by atomic mass is 19.1. The molecular weight excluding hydrogens is 301 g/mol. The lowest BCUT2D eigenvalue weighted by molar-refractivity contribution is -0.138. The van der Waals surface area contributed by atoms with Crippen molar-refractivity contribution in [1.29, 1.82) is 0 Å². The van der Waals surface area contributed by atoms with Gasteiger partial charge in [-0.15, -0.1) is 0 Å². The number of aromatic nitrogens is 1. The van der Waals surface area contributed by atoms with Crippen LogP contribution < -0.4 is 10.6 Å². The van der Waals surface area contributed by atoms with Crippen LogP contribution in [0.3, 0.4) is 0 Å². The van der Waals surface area contributed by atoms with E-state index in [9.17, 15) is 14.0 Å². The van der Waals surface area contributed by atoms with Crippen LogP contribution in [0.4, 0.5) is 10.2 Å². The molecule has 0 aliphatic heterocycles. The van der Waals surface area contributed by atoms with E-state index in [1.807, 2.05) is 0 Å². The van der Waals surface area contributed by atoms with Crippen LogP contribution in [0.15, 0.2) is 34.9 Å². The number of benzene rings is 1. The molecule has 2 aromatic rings. The fourth-order valence-corrected chi connectivity index (χ4v) is 1.81. The summed E-state index contributed by atoms with van der Waals surface area (Å²) in [5.41, 5.74) is -0.560. The summed E-state index contributed by atoms with van der Waals surface area (Å²) in [6, 6.07) is 7.32. The molecule has 23 heavy (non-hydrogen) atoms. The van der Waals surface area contributed by atoms with Gasteiger partial charge in [0, 0.05) is 12.6 Å². The lowest BCUT2D eigenvalue weighted by atomic mass is 9.91. The molecule has 1 aromatic heterocycles. The van der Waals surface area contributed by atoms with Crippen LogP contribution in [-0.4, -0.2) is 17.0 Å². The summed E-state index contributed by atoms with van der Waals surface area (Å²) in [4.78, 5) is 24.5. The van der Waals surface area contributed by atoms with Gasteiger partial charge in [0.2, 0.25) is 11.8 Å². The zero-order valence-corrected chi connectivity index (χ0v) is 13.1. The number of amides is 2. The smallest absolute Gasteiger partial charge is 0.240 e. The summed E-state index contributed by atoms with van der Waals surface area (Å²) in [6.07, 6.45) is 0. The lowest BCUT2D eigenvalue weighted by Crippen LogP contribution is -2.44. The first-order valence-corrected chi connectivity index (χ1v) is 7.06. The van der Waals surface area contributed by atoms with Crippen LogP contribution in [-0.2, 0) is 16.1 Å². The number of nitrogens with one attached hydrogen (secondary N) is 2. The molecule has 6 nitrogen and oxygen atoms in total. The van der Waals surface area contributed by atoms with Gasteiger partial charge in [0.1, 0.15) is 17.0 Å². The first kappa shape index (κ1) is 16.7. The van der Waals surface area contributed by atoms with Crippen LogP contribution in [0.5, 0.6) is 0 Å². The van der Waals surface area contributed by atoms with Gasteiger partial charge in [-0.2, -0.15) is 0 Å². The van der Waals surface area contributed by atoms with Crippen LogP contribution >= 0.6 is 0 Å². The Morgan fingerprint density at radius 3 is 2.43 bits per heavy atom. The SMILES string of the molecule is Cc1cc(NC(=O)C(C)(C)C(=O)NCc2ccc(F)cc2)no1. The molecule has 1 heterocycles. The molecule has 2 N–H and O–H groups in total. The number of rotatable bonds is 5. The predicted molar refractivity (Wildman–Crippen MR) is 81.9 cm³/mol. The van der Waals surface area contributed by atoms with Gasteiger partial charge in [-0.3, -0.25) is 9.59 Å². The third kappa shape index (κ3) is 4.15. The van der Waals surface area contributed by atoms with Gasteiger partial charge in [0.05, 0.1) is 0 Å². The van der Waals surface area contributed by atoms with E-state index in [0.717, 1.165) is 5.56 Å². The van der Waals surface area contributed by atoms with Crippen molar-refractivity contribution in [2.24, 2.45) is 5.41 Å². The molecule has 7 heteroatoms. The maximum Gasteiger partial charge on any atom is 0.240 e. The van der Waals surface area contributed by atoms with Crippen molar-refractivity contribution in [3.8, 4) is 0 Å². The average Bonchev–Trinajstić information content (AvgIpc) is 2.91. The van der Waals surface area contributed by atoms with Gasteiger partial charge in [0.15, 0.2) is 5.82 Å². The van der Waals surface area contributed by atoms with Crippen LogP contribution in [0.1, 0.15) is 25.2 Å². The van der Waals surface area contributed by atoms with Gasteiger partial charge < -0.3 is 15.2 Å². The van der Waals surface area contributed by atoms with Crippen molar-refractivity contribution in [2.75, 3.05) is 5.32 Å². The molecule has 0 bridgehead atoms. The zero-order chi connectivity index (χ0) is 17.0. The first-order valence-electron chi connectivity index (χ1n) is 7.06. The fraction of sp³-hybridized carbons (Fsp3) is 0.312. The topological polar surface area (TPSA) is 84.2 Å². The second kappa shape index (κ2) is 6.60. The Balaban J connectivity index is 1.95. The Labute approximate surface area is 133 Å². The molecule has 0 unspecified atom stereocenters. The standard InChI is InChI=1S/C16H18FN3O3/c1-10-8-13(20-23-10)19-15(22)16(2,3)14(21)18-9-11-4-6-12(17)7-5-11/h4-8H,9H2,1-3H3,(H,18,21)(H,19,20,22). The van der Waals surface area contributed by atoms with Crippen LogP contribution in [0.25, 0.3) is 0 Å². The van der Waals surface area contributed by atoms with E-state index in [0.29, 0.717) is 5.76 Å². The Morgan fingerprint density at radius 2 is 1.87 bits per heavy atom. The molecule has 0 spiro atoms. The van der Waals surface area contributed by atoms with E-state index in [2.05, 4.69) is 15.8 Å². The Bertz CT molecular complexity index is 708.